The number of rotatable bonds is 4. The predicted octanol–water partition coefficient (Wildman–Crippen LogP) is 4.05. The van der Waals surface area contributed by atoms with Crippen molar-refractivity contribution >= 4 is 34.4 Å². The van der Waals surface area contributed by atoms with Crippen molar-refractivity contribution < 1.29 is 14.3 Å². The van der Waals surface area contributed by atoms with E-state index < -0.39 is 6.09 Å². The third kappa shape index (κ3) is 4.12. The van der Waals surface area contributed by atoms with Crippen molar-refractivity contribution in [1.29, 1.82) is 0 Å². The number of hydrogen-bond donors (Lipinski definition) is 1. The largest absolute Gasteiger partial charge is 0.495 e. The van der Waals surface area contributed by atoms with Crippen LogP contribution in [-0.4, -0.2) is 13.2 Å². The number of hydrogen-bond acceptors (Lipinski definition) is 3. The Morgan fingerprint density at radius 2 is 1.95 bits per heavy atom. The van der Waals surface area contributed by atoms with Crippen LogP contribution in [0.3, 0.4) is 0 Å². The van der Waals surface area contributed by atoms with Crippen LogP contribution in [0.4, 0.5) is 10.5 Å². The van der Waals surface area contributed by atoms with Gasteiger partial charge in [0.15, 0.2) is 0 Å². The van der Waals surface area contributed by atoms with Gasteiger partial charge in [-0.3, -0.25) is 5.32 Å². The molecule has 104 valence electrons. The van der Waals surface area contributed by atoms with Crippen LogP contribution in [0.2, 0.25) is 0 Å². The lowest BCUT2D eigenvalue weighted by Gasteiger charge is -2.11. The zero-order valence-electron chi connectivity index (χ0n) is 10.9. The molecule has 0 aliphatic heterocycles. The standard InChI is InChI=1S/C15H14INO3/c1-19-14-8-7-12(16)9-13(14)17-15(18)20-10-11-5-3-2-4-6-11/h2-9H,10H2,1H3,(H,17,18). The molecule has 0 radical (unpaired) electrons. The van der Waals surface area contributed by atoms with Gasteiger partial charge in [0.2, 0.25) is 0 Å². The molecule has 0 saturated carbocycles. The van der Waals surface area contributed by atoms with E-state index in [1.807, 2.05) is 42.5 Å². The summed E-state index contributed by atoms with van der Waals surface area (Å²) in [5.74, 6) is 0.599. The van der Waals surface area contributed by atoms with E-state index in [1.54, 1.807) is 13.2 Å². The fourth-order valence-electron chi connectivity index (χ4n) is 1.65. The third-order valence-electron chi connectivity index (χ3n) is 2.61. The van der Waals surface area contributed by atoms with Crippen LogP contribution in [0.1, 0.15) is 5.56 Å². The molecule has 5 heteroatoms. The topological polar surface area (TPSA) is 47.6 Å². The lowest BCUT2D eigenvalue weighted by Crippen LogP contribution is -2.14. The first-order chi connectivity index (χ1) is 9.69. The Bertz CT molecular complexity index is 587. The molecule has 0 spiro atoms. The molecule has 0 aliphatic rings. The van der Waals surface area contributed by atoms with E-state index in [0.29, 0.717) is 11.4 Å². The second-order valence-corrected chi connectivity index (χ2v) is 5.28. The van der Waals surface area contributed by atoms with E-state index in [2.05, 4.69) is 27.9 Å². The Morgan fingerprint density at radius 1 is 1.20 bits per heavy atom. The highest BCUT2D eigenvalue weighted by atomic mass is 127. The maximum Gasteiger partial charge on any atom is 0.412 e. The predicted molar refractivity (Wildman–Crippen MR) is 86.0 cm³/mol. The zero-order chi connectivity index (χ0) is 14.4. The van der Waals surface area contributed by atoms with Gasteiger partial charge in [0.05, 0.1) is 12.8 Å². The van der Waals surface area contributed by atoms with Crippen LogP contribution in [0.5, 0.6) is 5.75 Å². The van der Waals surface area contributed by atoms with Gasteiger partial charge in [-0.25, -0.2) is 4.79 Å². The van der Waals surface area contributed by atoms with Gasteiger partial charge < -0.3 is 9.47 Å². The summed E-state index contributed by atoms with van der Waals surface area (Å²) in [6.07, 6.45) is -0.505. The summed E-state index contributed by atoms with van der Waals surface area (Å²) in [7, 11) is 1.56. The van der Waals surface area contributed by atoms with Gasteiger partial charge in [0.25, 0.3) is 0 Å². The smallest absolute Gasteiger partial charge is 0.412 e. The molecule has 0 aliphatic carbocycles. The highest BCUT2D eigenvalue weighted by Gasteiger charge is 2.09. The van der Waals surface area contributed by atoms with Gasteiger partial charge in [-0.05, 0) is 46.4 Å². The van der Waals surface area contributed by atoms with Crippen LogP contribution in [0.15, 0.2) is 48.5 Å². The lowest BCUT2D eigenvalue weighted by atomic mass is 10.2. The van der Waals surface area contributed by atoms with Gasteiger partial charge >= 0.3 is 6.09 Å². The van der Waals surface area contributed by atoms with Gasteiger partial charge in [0, 0.05) is 3.57 Å². The Balaban J connectivity index is 1.96. The first-order valence-corrected chi connectivity index (χ1v) is 7.08. The molecule has 2 aromatic carbocycles. The third-order valence-corrected chi connectivity index (χ3v) is 3.28. The fourth-order valence-corrected chi connectivity index (χ4v) is 2.14. The van der Waals surface area contributed by atoms with E-state index in [4.69, 9.17) is 9.47 Å². The molecule has 2 aromatic rings. The Morgan fingerprint density at radius 3 is 2.65 bits per heavy atom. The quantitative estimate of drug-likeness (QED) is 0.811. The van der Waals surface area contributed by atoms with E-state index in [1.165, 1.54) is 0 Å². The molecular formula is C15H14INO3. The minimum absolute atomic E-state index is 0.235. The van der Waals surface area contributed by atoms with Crippen molar-refractivity contribution in [3.63, 3.8) is 0 Å². The van der Waals surface area contributed by atoms with Crippen LogP contribution >= 0.6 is 22.6 Å². The number of anilines is 1. The van der Waals surface area contributed by atoms with Crippen LogP contribution in [0, 0.1) is 3.57 Å². The van der Waals surface area contributed by atoms with Crippen LogP contribution < -0.4 is 10.1 Å². The number of methoxy groups -OCH3 is 1. The Labute approximate surface area is 131 Å². The second-order valence-electron chi connectivity index (χ2n) is 4.03. The van der Waals surface area contributed by atoms with E-state index in [-0.39, 0.29) is 6.61 Å². The maximum atomic E-state index is 11.8. The van der Waals surface area contributed by atoms with Gasteiger partial charge in [0.1, 0.15) is 12.4 Å². The Kier molecular flexibility index (Phi) is 5.23. The van der Waals surface area contributed by atoms with Crippen LogP contribution in [0.25, 0.3) is 0 Å². The molecule has 1 N–H and O–H groups in total. The summed E-state index contributed by atoms with van der Waals surface area (Å²) in [4.78, 5) is 11.8. The van der Waals surface area contributed by atoms with E-state index in [9.17, 15) is 4.79 Å². The molecule has 2 rings (SSSR count). The molecule has 1 amide bonds. The normalized spacial score (nSPS) is 9.90. The number of ether oxygens (including phenoxy) is 2. The molecule has 0 aromatic heterocycles. The average Bonchev–Trinajstić information content (AvgIpc) is 2.46. The van der Waals surface area contributed by atoms with Crippen molar-refractivity contribution in [3.05, 3.63) is 57.7 Å². The SMILES string of the molecule is COc1ccc(I)cc1NC(=O)OCc1ccccc1. The zero-order valence-corrected chi connectivity index (χ0v) is 13.1. The van der Waals surface area contributed by atoms with Crippen molar-refractivity contribution in [1.82, 2.24) is 0 Å². The first kappa shape index (κ1) is 14.6. The number of halogens is 1. The molecule has 0 saturated heterocycles. The van der Waals surface area contributed by atoms with Crippen molar-refractivity contribution in [2.75, 3.05) is 12.4 Å². The molecule has 0 atom stereocenters. The van der Waals surface area contributed by atoms with Crippen molar-refractivity contribution in [2.45, 2.75) is 6.61 Å². The summed E-state index contributed by atoms with van der Waals surface area (Å²) in [6.45, 7) is 0.235. The Hall–Kier alpha value is -1.76. The molecular weight excluding hydrogens is 369 g/mol. The van der Waals surface area contributed by atoms with Gasteiger partial charge in [-0.15, -0.1) is 0 Å². The number of benzene rings is 2. The fraction of sp³-hybridized carbons (Fsp3) is 0.133. The minimum atomic E-state index is -0.505. The molecule has 0 bridgehead atoms. The van der Waals surface area contributed by atoms with Crippen LogP contribution in [-0.2, 0) is 11.3 Å². The highest BCUT2D eigenvalue weighted by molar-refractivity contribution is 14.1. The second kappa shape index (κ2) is 7.14. The number of carbonyl (C=O) groups excluding carboxylic acids is 1. The molecule has 4 nitrogen and oxygen atoms in total. The van der Waals surface area contributed by atoms with Crippen molar-refractivity contribution in [3.8, 4) is 5.75 Å². The van der Waals surface area contributed by atoms with E-state index >= 15 is 0 Å². The van der Waals surface area contributed by atoms with E-state index in [0.717, 1.165) is 9.13 Å². The number of nitrogens with one attached hydrogen (secondary N) is 1. The van der Waals surface area contributed by atoms with Gasteiger partial charge in [-0.1, -0.05) is 30.3 Å². The minimum Gasteiger partial charge on any atom is -0.495 e. The highest BCUT2D eigenvalue weighted by Crippen LogP contribution is 2.26. The molecule has 0 heterocycles. The summed E-state index contributed by atoms with van der Waals surface area (Å²) in [6, 6.07) is 15.1. The molecule has 20 heavy (non-hydrogen) atoms. The van der Waals surface area contributed by atoms with Crippen molar-refractivity contribution in [2.24, 2.45) is 0 Å². The summed E-state index contributed by atoms with van der Waals surface area (Å²) < 4.78 is 11.4. The summed E-state index contributed by atoms with van der Waals surface area (Å²) >= 11 is 2.17. The monoisotopic (exact) mass is 383 g/mol. The molecule has 0 unspecified atom stereocenters. The maximum absolute atomic E-state index is 11.8. The number of carbonyl (C=O) groups is 1. The van der Waals surface area contributed by atoms with Gasteiger partial charge in [-0.2, -0.15) is 0 Å². The summed E-state index contributed by atoms with van der Waals surface area (Å²) in [5.41, 5.74) is 1.54. The lowest BCUT2D eigenvalue weighted by molar-refractivity contribution is 0.155. The molecule has 0 fully saturated rings. The number of amides is 1. The first-order valence-electron chi connectivity index (χ1n) is 6.00. The summed E-state index contributed by atoms with van der Waals surface area (Å²) in [5, 5.41) is 2.68. The average molecular weight is 383 g/mol.